The molecule has 20 heavy (non-hydrogen) atoms. The van der Waals surface area contributed by atoms with E-state index in [4.69, 9.17) is 10.5 Å². The van der Waals surface area contributed by atoms with Gasteiger partial charge in [0.05, 0.1) is 26.0 Å². The molecule has 0 unspecified atom stereocenters. The number of carbonyl (C=O) groups excluding carboxylic acids is 1. The quantitative estimate of drug-likeness (QED) is 0.751. The van der Waals surface area contributed by atoms with E-state index in [1.165, 1.54) is 11.8 Å². The molecule has 0 saturated carbocycles. The first-order valence-corrected chi connectivity index (χ1v) is 6.57. The number of halogens is 3. The highest BCUT2D eigenvalue weighted by molar-refractivity contribution is 8.00. The molecule has 0 radical (unpaired) electrons. The van der Waals surface area contributed by atoms with Crippen LogP contribution in [0.5, 0.6) is 5.75 Å². The molecule has 0 saturated heterocycles. The minimum absolute atomic E-state index is 0. The Morgan fingerprint density at radius 2 is 2.20 bits per heavy atom. The van der Waals surface area contributed by atoms with Crippen LogP contribution in [0.1, 0.15) is 0 Å². The summed E-state index contributed by atoms with van der Waals surface area (Å²) in [5.41, 5.74) is 4.87. The Morgan fingerprint density at radius 1 is 1.50 bits per heavy atom. The molecule has 4 nitrogen and oxygen atoms in total. The number of carbonyl (C=O) groups is 1. The summed E-state index contributed by atoms with van der Waals surface area (Å²) in [7, 11) is 1.55. The molecule has 0 fully saturated rings. The van der Waals surface area contributed by atoms with Crippen molar-refractivity contribution >= 4 is 30.1 Å². The molecule has 0 aliphatic heterocycles. The van der Waals surface area contributed by atoms with Gasteiger partial charge in [-0.25, -0.2) is 8.78 Å². The number of ether oxygens (including phenoxy) is 1. The highest BCUT2D eigenvalue weighted by atomic mass is 35.5. The van der Waals surface area contributed by atoms with E-state index in [1.54, 1.807) is 25.3 Å². The van der Waals surface area contributed by atoms with Gasteiger partial charge in [-0.2, -0.15) is 0 Å². The van der Waals surface area contributed by atoms with Gasteiger partial charge in [0.25, 0.3) is 5.92 Å². The predicted octanol–water partition coefficient (Wildman–Crippen LogP) is 1.92. The Bertz CT molecular complexity index is 436. The third-order valence-corrected chi connectivity index (χ3v) is 3.25. The predicted molar refractivity (Wildman–Crippen MR) is 78.0 cm³/mol. The average molecular weight is 327 g/mol. The molecule has 0 aliphatic rings. The summed E-state index contributed by atoms with van der Waals surface area (Å²) >= 11 is 1.25. The van der Waals surface area contributed by atoms with Crippen molar-refractivity contribution in [3.63, 3.8) is 0 Å². The fraction of sp³-hybridized carbons (Fsp3) is 0.417. The van der Waals surface area contributed by atoms with Crippen molar-refractivity contribution < 1.29 is 18.3 Å². The fourth-order valence-electron chi connectivity index (χ4n) is 1.19. The fourth-order valence-corrected chi connectivity index (χ4v) is 1.97. The first-order chi connectivity index (χ1) is 8.96. The molecule has 0 aliphatic carbocycles. The van der Waals surface area contributed by atoms with Gasteiger partial charge in [-0.15, -0.1) is 24.2 Å². The Hall–Kier alpha value is -1.05. The topological polar surface area (TPSA) is 64.3 Å². The second-order valence-corrected chi connectivity index (χ2v) is 4.85. The normalized spacial score (nSPS) is 10.6. The molecule has 0 aromatic heterocycles. The van der Waals surface area contributed by atoms with Crippen molar-refractivity contribution in [1.82, 2.24) is 5.32 Å². The van der Waals surface area contributed by atoms with Crippen LogP contribution in [0.15, 0.2) is 29.2 Å². The van der Waals surface area contributed by atoms with Gasteiger partial charge in [0.15, 0.2) is 0 Å². The van der Waals surface area contributed by atoms with E-state index in [0.717, 1.165) is 4.90 Å². The zero-order chi connectivity index (χ0) is 14.3. The van der Waals surface area contributed by atoms with Crippen LogP contribution in [0.2, 0.25) is 0 Å². The minimum atomic E-state index is -3.06. The summed E-state index contributed by atoms with van der Waals surface area (Å²) in [4.78, 5) is 12.2. The van der Waals surface area contributed by atoms with Crippen LogP contribution in [0, 0.1) is 0 Å². The van der Waals surface area contributed by atoms with Gasteiger partial charge in [0.2, 0.25) is 5.91 Å². The zero-order valence-electron chi connectivity index (χ0n) is 10.9. The van der Waals surface area contributed by atoms with Crippen molar-refractivity contribution in [3.8, 4) is 5.75 Å². The van der Waals surface area contributed by atoms with E-state index < -0.39 is 24.9 Å². The number of methoxy groups -OCH3 is 1. The number of hydrogen-bond donors (Lipinski definition) is 2. The number of thioether (sulfide) groups is 1. The molecule has 1 amide bonds. The van der Waals surface area contributed by atoms with E-state index in [9.17, 15) is 13.6 Å². The lowest BCUT2D eigenvalue weighted by molar-refractivity contribution is -0.120. The van der Waals surface area contributed by atoms with E-state index in [1.807, 2.05) is 6.07 Å². The molecule has 3 N–H and O–H groups in total. The number of hydrogen-bond acceptors (Lipinski definition) is 4. The summed E-state index contributed by atoms with van der Waals surface area (Å²) in [5, 5.41) is 2.15. The smallest absolute Gasteiger partial charge is 0.277 e. The van der Waals surface area contributed by atoms with Crippen LogP contribution >= 0.6 is 24.2 Å². The van der Waals surface area contributed by atoms with Crippen LogP contribution < -0.4 is 15.8 Å². The molecule has 0 spiro atoms. The number of alkyl halides is 2. The number of benzene rings is 1. The van der Waals surface area contributed by atoms with Crippen LogP contribution in [0.4, 0.5) is 8.78 Å². The van der Waals surface area contributed by atoms with Gasteiger partial charge in [-0.3, -0.25) is 4.79 Å². The van der Waals surface area contributed by atoms with Crippen LogP contribution in [-0.2, 0) is 4.79 Å². The molecule has 0 bridgehead atoms. The standard InChI is InChI=1S/C12H16F2N2O2S.ClH/c1-18-9-3-2-4-10(5-9)19-6-11(17)16-8-12(13,14)7-15;/h2-5H,6-8,15H2,1H3,(H,16,17);1H. The maximum absolute atomic E-state index is 12.8. The monoisotopic (exact) mass is 326 g/mol. The van der Waals surface area contributed by atoms with Gasteiger partial charge < -0.3 is 15.8 Å². The highest BCUT2D eigenvalue weighted by Gasteiger charge is 2.26. The summed E-state index contributed by atoms with van der Waals surface area (Å²) < 4.78 is 30.7. The molecule has 0 atom stereocenters. The molecule has 0 heterocycles. The van der Waals surface area contributed by atoms with Crippen molar-refractivity contribution in [1.29, 1.82) is 0 Å². The second-order valence-electron chi connectivity index (χ2n) is 3.80. The first kappa shape index (κ1) is 18.9. The lowest BCUT2D eigenvalue weighted by Crippen LogP contribution is -2.42. The van der Waals surface area contributed by atoms with Crippen LogP contribution in [-0.4, -0.2) is 37.8 Å². The van der Waals surface area contributed by atoms with E-state index in [-0.39, 0.29) is 18.2 Å². The van der Waals surface area contributed by atoms with Gasteiger partial charge in [0, 0.05) is 4.90 Å². The second kappa shape index (κ2) is 8.99. The lowest BCUT2D eigenvalue weighted by atomic mass is 10.3. The molecule has 8 heteroatoms. The highest BCUT2D eigenvalue weighted by Crippen LogP contribution is 2.22. The Labute approximate surface area is 126 Å². The van der Waals surface area contributed by atoms with E-state index in [0.29, 0.717) is 5.75 Å². The summed E-state index contributed by atoms with van der Waals surface area (Å²) in [5.74, 6) is -2.77. The SMILES string of the molecule is COc1cccc(SCC(=O)NCC(F)(F)CN)c1.Cl. The van der Waals surface area contributed by atoms with Gasteiger partial charge in [-0.05, 0) is 18.2 Å². The number of nitrogens with one attached hydrogen (secondary N) is 1. The summed E-state index contributed by atoms with van der Waals surface area (Å²) in [6, 6.07) is 7.16. The third-order valence-electron chi connectivity index (χ3n) is 2.25. The maximum atomic E-state index is 12.8. The largest absolute Gasteiger partial charge is 0.497 e. The molecule has 114 valence electrons. The average Bonchev–Trinajstić information content (AvgIpc) is 2.43. The van der Waals surface area contributed by atoms with Crippen molar-refractivity contribution in [3.05, 3.63) is 24.3 Å². The molecular weight excluding hydrogens is 310 g/mol. The van der Waals surface area contributed by atoms with Crippen molar-refractivity contribution in [2.24, 2.45) is 5.73 Å². The number of amides is 1. The van der Waals surface area contributed by atoms with E-state index in [2.05, 4.69) is 5.32 Å². The van der Waals surface area contributed by atoms with Crippen molar-refractivity contribution in [2.45, 2.75) is 10.8 Å². The molecule has 1 aromatic rings. The van der Waals surface area contributed by atoms with Crippen LogP contribution in [0.25, 0.3) is 0 Å². The zero-order valence-corrected chi connectivity index (χ0v) is 12.5. The molecule has 1 rings (SSSR count). The van der Waals surface area contributed by atoms with E-state index >= 15 is 0 Å². The summed E-state index contributed by atoms with van der Waals surface area (Å²) in [6.45, 7) is -1.52. The Morgan fingerprint density at radius 3 is 2.80 bits per heavy atom. The number of rotatable bonds is 7. The minimum Gasteiger partial charge on any atom is -0.497 e. The Kier molecular flexibility index (Phi) is 8.52. The van der Waals surface area contributed by atoms with Gasteiger partial charge in [-0.1, -0.05) is 6.07 Å². The first-order valence-electron chi connectivity index (χ1n) is 5.58. The molecule has 1 aromatic carbocycles. The van der Waals surface area contributed by atoms with Crippen molar-refractivity contribution in [2.75, 3.05) is 26.0 Å². The maximum Gasteiger partial charge on any atom is 0.277 e. The molecular formula is C12H17ClF2N2O2S. The lowest BCUT2D eigenvalue weighted by Gasteiger charge is -2.14. The summed E-state index contributed by atoms with van der Waals surface area (Å²) in [6.07, 6.45) is 0. The third kappa shape index (κ3) is 6.93. The van der Waals surface area contributed by atoms with Gasteiger partial charge >= 0.3 is 0 Å². The number of nitrogens with two attached hydrogens (primary N) is 1. The van der Waals surface area contributed by atoms with Gasteiger partial charge in [0.1, 0.15) is 5.75 Å². The van der Waals surface area contributed by atoms with Crippen LogP contribution in [0.3, 0.4) is 0 Å². The Balaban J connectivity index is 0.00000361.